The standard InChI is InChI=1S/C14H21N3O/c1-11(2)12-3-5-13(6-4-12)16-14(18)17-9-7-15-8-10-17/h3-6,11,15H,7-10H2,1-2H3,(H,16,18). The molecule has 1 aliphatic rings. The van der Waals surface area contributed by atoms with Gasteiger partial charge < -0.3 is 15.5 Å². The molecule has 18 heavy (non-hydrogen) atoms. The zero-order valence-electron chi connectivity index (χ0n) is 11.1. The van der Waals surface area contributed by atoms with E-state index in [9.17, 15) is 4.79 Å². The molecule has 0 spiro atoms. The highest BCUT2D eigenvalue weighted by atomic mass is 16.2. The molecule has 0 bridgehead atoms. The SMILES string of the molecule is CC(C)c1ccc(NC(=O)N2CCNCC2)cc1. The molecular formula is C14H21N3O. The third kappa shape index (κ3) is 3.23. The number of carbonyl (C=O) groups excluding carboxylic acids is 1. The number of hydrogen-bond acceptors (Lipinski definition) is 2. The van der Waals surface area contributed by atoms with Gasteiger partial charge in [-0.05, 0) is 23.6 Å². The van der Waals surface area contributed by atoms with Gasteiger partial charge in [0, 0.05) is 31.9 Å². The summed E-state index contributed by atoms with van der Waals surface area (Å²) in [5, 5.41) is 6.17. The minimum absolute atomic E-state index is 0.00574. The van der Waals surface area contributed by atoms with Crippen molar-refractivity contribution in [1.82, 2.24) is 10.2 Å². The van der Waals surface area contributed by atoms with Crippen LogP contribution in [0.25, 0.3) is 0 Å². The smallest absolute Gasteiger partial charge is 0.321 e. The Morgan fingerprint density at radius 3 is 2.39 bits per heavy atom. The molecule has 1 aromatic carbocycles. The zero-order valence-corrected chi connectivity index (χ0v) is 11.1. The summed E-state index contributed by atoms with van der Waals surface area (Å²) in [4.78, 5) is 13.8. The first kappa shape index (κ1) is 12.9. The third-order valence-corrected chi connectivity index (χ3v) is 3.23. The molecular weight excluding hydrogens is 226 g/mol. The molecule has 4 nitrogen and oxygen atoms in total. The van der Waals surface area contributed by atoms with Crippen LogP contribution >= 0.6 is 0 Å². The monoisotopic (exact) mass is 247 g/mol. The lowest BCUT2D eigenvalue weighted by Gasteiger charge is -2.27. The fourth-order valence-electron chi connectivity index (χ4n) is 2.02. The number of benzene rings is 1. The molecule has 0 aliphatic carbocycles. The summed E-state index contributed by atoms with van der Waals surface area (Å²) in [6.45, 7) is 7.62. The molecule has 0 unspecified atom stereocenters. The summed E-state index contributed by atoms with van der Waals surface area (Å²) in [6, 6.07) is 8.06. The fraction of sp³-hybridized carbons (Fsp3) is 0.500. The molecule has 0 aromatic heterocycles. The highest BCUT2D eigenvalue weighted by Gasteiger charge is 2.15. The van der Waals surface area contributed by atoms with Crippen LogP contribution in [0.15, 0.2) is 24.3 Å². The van der Waals surface area contributed by atoms with Gasteiger partial charge in [0.25, 0.3) is 0 Å². The van der Waals surface area contributed by atoms with Crippen molar-refractivity contribution in [2.45, 2.75) is 19.8 Å². The van der Waals surface area contributed by atoms with Gasteiger partial charge in [-0.15, -0.1) is 0 Å². The van der Waals surface area contributed by atoms with Crippen LogP contribution in [0.3, 0.4) is 0 Å². The average Bonchev–Trinajstić information content (AvgIpc) is 2.40. The second-order valence-electron chi connectivity index (χ2n) is 4.94. The highest BCUT2D eigenvalue weighted by Crippen LogP contribution is 2.17. The number of hydrogen-bond donors (Lipinski definition) is 2. The van der Waals surface area contributed by atoms with Crippen molar-refractivity contribution in [1.29, 1.82) is 0 Å². The lowest BCUT2D eigenvalue weighted by Crippen LogP contribution is -2.48. The van der Waals surface area contributed by atoms with Crippen LogP contribution in [0.2, 0.25) is 0 Å². The number of carbonyl (C=O) groups is 1. The quantitative estimate of drug-likeness (QED) is 0.842. The van der Waals surface area contributed by atoms with Gasteiger partial charge in [0.1, 0.15) is 0 Å². The van der Waals surface area contributed by atoms with Gasteiger partial charge in [-0.3, -0.25) is 0 Å². The lowest BCUT2D eigenvalue weighted by molar-refractivity contribution is 0.204. The molecule has 4 heteroatoms. The number of urea groups is 1. The van der Waals surface area contributed by atoms with Crippen molar-refractivity contribution >= 4 is 11.7 Å². The molecule has 1 aliphatic heterocycles. The second kappa shape index (κ2) is 5.87. The van der Waals surface area contributed by atoms with E-state index >= 15 is 0 Å². The van der Waals surface area contributed by atoms with Gasteiger partial charge in [0.2, 0.25) is 0 Å². The van der Waals surface area contributed by atoms with E-state index < -0.39 is 0 Å². The van der Waals surface area contributed by atoms with Gasteiger partial charge >= 0.3 is 6.03 Å². The lowest BCUT2D eigenvalue weighted by atomic mass is 10.0. The maximum Gasteiger partial charge on any atom is 0.321 e. The summed E-state index contributed by atoms with van der Waals surface area (Å²) in [7, 11) is 0. The molecule has 2 N–H and O–H groups in total. The van der Waals surface area contributed by atoms with Crippen LogP contribution in [0.4, 0.5) is 10.5 Å². The molecule has 0 saturated carbocycles. The minimum atomic E-state index is -0.00574. The number of amides is 2. The molecule has 2 rings (SSSR count). The number of nitrogens with zero attached hydrogens (tertiary/aromatic N) is 1. The van der Waals surface area contributed by atoms with E-state index in [4.69, 9.17) is 0 Å². The molecule has 98 valence electrons. The number of nitrogens with one attached hydrogen (secondary N) is 2. The first-order chi connectivity index (χ1) is 8.66. The molecule has 2 amide bonds. The number of anilines is 1. The van der Waals surface area contributed by atoms with E-state index in [1.807, 2.05) is 17.0 Å². The van der Waals surface area contributed by atoms with Crippen LogP contribution in [-0.2, 0) is 0 Å². The summed E-state index contributed by atoms with van der Waals surface area (Å²) < 4.78 is 0. The van der Waals surface area contributed by atoms with Gasteiger partial charge in [0.05, 0.1) is 0 Å². The Labute approximate surface area is 108 Å². The Morgan fingerprint density at radius 2 is 1.83 bits per heavy atom. The molecule has 1 fully saturated rings. The summed E-state index contributed by atoms with van der Waals surface area (Å²) in [5.74, 6) is 0.517. The Morgan fingerprint density at radius 1 is 1.22 bits per heavy atom. The van der Waals surface area contributed by atoms with E-state index in [0.717, 1.165) is 31.9 Å². The van der Waals surface area contributed by atoms with Crippen LogP contribution in [0.5, 0.6) is 0 Å². The van der Waals surface area contributed by atoms with Gasteiger partial charge in [-0.2, -0.15) is 0 Å². The molecule has 0 radical (unpaired) electrons. The van der Waals surface area contributed by atoms with Crippen LogP contribution in [0.1, 0.15) is 25.3 Å². The van der Waals surface area contributed by atoms with Crippen molar-refractivity contribution in [3.63, 3.8) is 0 Å². The average molecular weight is 247 g/mol. The van der Waals surface area contributed by atoms with Crippen LogP contribution in [0, 0.1) is 0 Å². The maximum atomic E-state index is 12.0. The Hall–Kier alpha value is -1.55. The largest absolute Gasteiger partial charge is 0.322 e. The number of piperazine rings is 1. The predicted molar refractivity (Wildman–Crippen MR) is 74.0 cm³/mol. The van der Waals surface area contributed by atoms with Crippen molar-refractivity contribution in [2.24, 2.45) is 0 Å². The van der Waals surface area contributed by atoms with Crippen LogP contribution in [-0.4, -0.2) is 37.1 Å². The van der Waals surface area contributed by atoms with Crippen LogP contribution < -0.4 is 10.6 Å². The molecule has 1 heterocycles. The van der Waals surface area contributed by atoms with Crippen molar-refractivity contribution in [3.05, 3.63) is 29.8 Å². The zero-order chi connectivity index (χ0) is 13.0. The molecule has 1 aromatic rings. The fourth-order valence-corrected chi connectivity index (χ4v) is 2.02. The first-order valence-electron chi connectivity index (χ1n) is 6.53. The van der Waals surface area contributed by atoms with Crippen molar-refractivity contribution in [2.75, 3.05) is 31.5 Å². The van der Waals surface area contributed by atoms with Gasteiger partial charge in [0.15, 0.2) is 0 Å². The molecule has 0 atom stereocenters. The summed E-state index contributed by atoms with van der Waals surface area (Å²) in [6.07, 6.45) is 0. The predicted octanol–water partition coefficient (Wildman–Crippen LogP) is 2.25. The van der Waals surface area contributed by atoms with Crippen molar-refractivity contribution in [3.8, 4) is 0 Å². The van der Waals surface area contributed by atoms with E-state index in [1.165, 1.54) is 5.56 Å². The Kier molecular flexibility index (Phi) is 4.20. The van der Waals surface area contributed by atoms with Gasteiger partial charge in [-0.1, -0.05) is 26.0 Å². The first-order valence-corrected chi connectivity index (χ1v) is 6.53. The van der Waals surface area contributed by atoms with Gasteiger partial charge in [-0.25, -0.2) is 4.79 Å². The maximum absolute atomic E-state index is 12.0. The minimum Gasteiger partial charge on any atom is -0.322 e. The Bertz CT molecular complexity index is 394. The number of rotatable bonds is 2. The third-order valence-electron chi connectivity index (χ3n) is 3.23. The van der Waals surface area contributed by atoms with E-state index in [-0.39, 0.29) is 6.03 Å². The summed E-state index contributed by atoms with van der Waals surface area (Å²) in [5.41, 5.74) is 2.15. The second-order valence-corrected chi connectivity index (χ2v) is 4.94. The topological polar surface area (TPSA) is 44.4 Å². The highest BCUT2D eigenvalue weighted by molar-refractivity contribution is 5.89. The van der Waals surface area contributed by atoms with E-state index in [0.29, 0.717) is 5.92 Å². The molecule has 1 saturated heterocycles. The van der Waals surface area contributed by atoms with E-state index in [2.05, 4.69) is 36.6 Å². The van der Waals surface area contributed by atoms with Crippen molar-refractivity contribution < 1.29 is 4.79 Å². The Balaban J connectivity index is 1.94. The van der Waals surface area contributed by atoms with E-state index in [1.54, 1.807) is 0 Å². The summed E-state index contributed by atoms with van der Waals surface area (Å²) >= 11 is 0. The normalized spacial score (nSPS) is 15.8.